The summed E-state index contributed by atoms with van der Waals surface area (Å²) in [5.41, 5.74) is 6.43. The van der Waals surface area contributed by atoms with Gasteiger partial charge in [0.05, 0.1) is 26.6 Å². The van der Waals surface area contributed by atoms with E-state index in [1.807, 2.05) is 0 Å². The molecule has 1 amide bonds. The molecule has 0 saturated carbocycles. The molecule has 2 aliphatic heterocycles. The van der Waals surface area contributed by atoms with Crippen LogP contribution in [0.1, 0.15) is 6.85 Å². The number of amides is 1. The number of methoxy groups -OCH3 is 2. The second kappa shape index (κ2) is 8.53. The van der Waals surface area contributed by atoms with Crippen molar-refractivity contribution in [2.45, 2.75) is 6.08 Å². The summed E-state index contributed by atoms with van der Waals surface area (Å²) in [7, 11) is 2.91. The molecule has 5 rings (SSSR count). The lowest BCUT2D eigenvalue weighted by Gasteiger charge is -2.37. The largest absolute Gasteiger partial charge is 0.493 e. The Labute approximate surface area is 197 Å². The zero-order valence-corrected chi connectivity index (χ0v) is 18.0. The standard InChI is InChI=1S/C23H25N5O5/c1-30-18-11-14-15(12-19(18)31-2)25-23(26-21(14)24)28-9-7-27(8-10-28)22(29)20-13-32-16-5-3-4-6-17(16)33-20/h3-6,11-12,20H,7-10,13H2,1-2H3,(H2,24,25,26)/i9D2,10D2,20D. The first-order chi connectivity index (χ1) is 17.9. The van der Waals surface area contributed by atoms with Gasteiger partial charge in [0.15, 0.2) is 23.0 Å². The lowest BCUT2D eigenvalue weighted by atomic mass is 10.2. The molecule has 2 aromatic carbocycles. The maximum Gasteiger partial charge on any atom is 0.267 e. The van der Waals surface area contributed by atoms with E-state index in [1.165, 1.54) is 20.3 Å². The topological polar surface area (TPSA) is 112 Å². The van der Waals surface area contributed by atoms with E-state index in [4.69, 9.17) is 31.5 Å². The fourth-order valence-corrected chi connectivity index (χ4v) is 3.52. The van der Waals surface area contributed by atoms with E-state index >= 15 is 0 Å². The molecule has 33 heavy (non-hydrogen) atoms. The zero-order valence-electron chi connectivity index (χ0n) is 23.0. The molecule has 0 aliphatic carbocycles. The smallest absolute Gasteiger partial charge is 0.267 e. The average molecular weight is 457 g/mol. The van der Waals surface area contributed by atoms with Crippen LogP contribution < -0.4 is 29.6 Å². The molecule has 10 nitrogen and oxygen atoms in total. The van der Waals surface area contributed by atoms with Crippen LogP contribution in [0.2, 0.25) is 0 Å². The molecule has 10 heteroatoms. The molecule has 172 valence electrons. The molecule has 1 atom stereocenters. The van der Waals surface area contributed by atoms with Gasteiger partial charge in [-0.2, -0.15) is 4.98 Å². The van der Waals surface area contributed by atoms with Gasteiger partial charge in [0, 0.05) is 37.5 Å². The summed E-state index contributed by atoms with van der Waals surface area (Å²) in [6.45, 7) is -6.60. The van der Waals surface area contributed by atoms with Crippen LogP contribution in [0, 0.1) is 0 Å². The molecule has 1 fully saturated rings. The van der Waals surface area contributed by atoms with Crippen LogP contribution in [-0.4, -0.2) is 73.8 Å². The van der Waals surface area contributed by atoms with Gasteiger partial charge in [-0.15, -0.1) is 0 Å². The summed E-state index contributed by atoms with van der Waals surface area (Å²) in [5.74, 6) is 0.0425. The fraction of sp³-hybridized carbons (Fsp3) is 0.348. The predicted molar refractivity (Wildman–Crippen MR) is 122 cm³/mol. The highest BCUT2D eigenvalue weighted by atomic mass is 16.6. The molecule has 3 heterocycles. The first-order valence-electron chi connectivity index (χ1n) is 12.6. The normalized spacial score (nSPS) is 25.2. The monoisotopic (exact) mass is 456 g/mol. The maximum absolute atomic E-state index is 13.4. The summed E-state index contributed by atoms with van der Waals surface area (Å²) in [5, 5.41) is 0.409. The summed E-state index contributed by atoms with van der Waals surface area (Å²) < 4.78 is 65.0. The number of hydrogen-bond donors (Lipinski definition) is 1. The van der Waals surface area contributed by atoms with E-state index in [0.717, 1.165) is 9.80 Å². The van der Waals surface area contributed by atoms with Crippen LogP contribution >= 0.6 is 0 Å². The lowest BCUT2D eigenvalue weighted by molar-refractivity contribution is -0.141. The second-order valence-corrected chi connectivity index (χ2v) is 7.21. The second-order valence-electron chi connectivity index (χ2n) is 7.21. The van der Waals surface area contributed by atoms with E-state index in [1.54, 1.807) is 30.3 Å². The van der Waals surface area contributed by atoms with Crippen LogP contribution in [0.4, 0.5) is 11.8 Å². The Morgan fingerprint density at radius 2 is 1.85 bits per heavy atom. The minimum atomic E-state index is -2.49. The number of carbonyl (C=O) groups is 1. The van der Waals surface area contributed by atoms with Crippen LogP contribution in [0.25, 0.3) is 10.9 Å². The van der Waals surface area contributed by atoms with Gasteiger partial charge in [-0.1, -0.05) is 12.1 Å². The van der Waals surface area contributed by atoms with Crippen LogP contribution in [-0.2, 0) is 4.79 Å². The zero-order chi connectivity index (χ0) is 27.5. The number of fused-ring (bicyclic) bond motifs is 2. The Morgan fingerprint density at radius 3 is 2.58 bits per heavy atom. The number of ether oxygens (including phenoxy) is 4. The number of benzene rings is 2. The number of nitrogens with zero attached hydrogens (tertiary/aromatic N) is 4. The molecule has 0 radical (unpaired) electrons. The van der Waals surface area contributed by atoms with E-state index < -0.39 is 44.7 Å². The predicted octanol–water partition coefficient (Wildman–Crippen LogP) is 1.72. The number of nitrogen functional groups attached to an aromatic ring is 1. The van der Waals surface area contributed by atoms with Crippen LogP contribution in [0.15, 0.2) is 36.4 Å². The molecule has 1 saturated heterocycles. The number of para-hydroxylation sites is 2. The van der Waals surface area contributed by atoms with Crippen molar-refractivity contribution in [3.05, 3.63) is 36.4 Å². The van der Waals surface area contributed by atoms with Gasteiger partial charge >= 0.3 is 0 Å². The third-order valence-electron chi connectivity index (χ3n) is 5.22. The van der Waals surface area contributed by atoms with E-state index in [2.05, 4.69) is 9.97 Å². The molecule has 2 N–H and O–H groups in total. The highest BCUT2D eigenvalue weighted by Crippen LogP contribution is 2.34. The summed E-state index contributed by atoms with van der Waals surface area (Å²) in [6, 6.07) is 9.67. The van der Waals surface area contributed by atoms with Crippen molar-refractivity contribution >= 4 is 28.6 Å². The molecular formula is C23H25N5O5. The number of piperazine rings is 1. The SMILES string of the molecule is [2H]C1(C(=O)N2CC([2H])([2H])N(c3nc(N)c4cc(OC)c(OC)cc4n3)C([2H])([2H])C2)COc2ccccc2O1. The highest BCUT2D eigenvalue weighted by molar-refractivity contribution is 5.91. The first-order valence-corrected chi connectivity index (χ1v) is 10.1. The van der Waals surface area contributed by atoms with Gasteiger partial charge in [-0.05, 0) is 18.2 Å². The van der Waals surface area contributed by atoms with Crippen molar-refractivity contribution in [2.24, 2.45) is 0 Å². The van der Waals surface area contributed by atoms with Crippen molar-refractivity contribution < 1.29 is 30.6 Å². The quantitative estimate of drug-likeness (QED) is 0.627. The van der Waals surface area contributed by atoms with Gasteiger partial charge in [-0.25, -0.2) is 4.98 Å². The minimum Gasteiger partial charge on any atom is -0.493 e. The van der Waals surface area contributed by atoms with E-state index in [0.29, 0.717) is 22.6 Å². The number of anilines is 2. The molecule has 0 bridgehead atoms. The van der Waals surface area contributed by atoms with Crippen molar-refractivity contribution in [2.75, 3.05) is 57.5 Å². The van der Waals surface area contributed by atoms with Gasteiger partial charge in [-0.3, -0.25) is 4.79 Å². The molecule has 3 aromatic rings. The Balaban J connectivity index is 1.47. The minimum absolute atomic E-state index is 0.0208. The summed E-state index contributed by atoms with van der Waals surface area (Å²) >= 11 is 0. The average Bonchev–Trinajstić information content (AvgIpc) is 2.86. The van der Waals surface area contributed by atoms with Crippen molar-refractivity contribution in [3.8, 4) is 23.0 Å². The number of nitrogens with two attached hydrogens (primary N) is 1. The van der Waals surface area contributed by atoms with Crippen LogP contribution in [0.5, 0.6) is 23.0 Å². The molecule has 2 aliphatic rings. The van der Waals surface area contributed by atoms with E-state index in [-0.39, 0.29) is 23.0 Å². The number of carbonyl (C=O) groups excluding carboxylic acids is 1. The van der Waals surface area contributed by atoms with Crippen molar-refractivity contribution in [1.29, 1.82) is 0 Å². The summed E-state index contributed by atoms with van der Waals surface area (Å²) in [6.07, 6.45) is -2.22. The lowest BCUT2D eigenvalue weighted by Crippen LogP contribution is -2.54. The van der Waals surface area contributed by atoms with Crippen molar-refractivity contribution in [3.63, 3.8) is 0 Å². The summed E-state index contributed by atoms with van der Waals surface area (Å²) in [4.78, 5) is 23.6. The third kappa shape index (κ3) is 3.88. The molecule has 1 aromatic heterocycles. The van der Waals surface area contributed by atoms with E-state index in [9.17, 15) is 4.79 Å². The maximum atomic E-state index is 13.4. The first kappa shape index (κ1) is 15.8. The van der Waals surface area contributed by atoms with Gasteiger partial charge in [0.2, 0.25) is 12.0 Å². The number of hydrogen-bond acceptors (Lipinski definition) is 9. The molecule has 0 spiro atoms. The number of rotatable bonds is 4. The Kier molecular flexibility index (Phi) is 4.08. The van der Waals surface area contributed by atoms with Gasteiger partial charge in [0.25, 0.3) is 5.91 Å². The van der Waals surface area contributed by atoms with Gasteiger partial charge < -0.3 is 34.5 Å². The van der Waals surface area contributed by atoms with Crippen LogP contribution in [0.3, 0.4) is 0 Å². The number of aromatic nitrogens is 2. The Morgan fingerprint density at radius 1 is 1.15 bits per heavy atom. The highest BCUT2D eigenvalue weighted by Gasteiger charge is 2.33. The Bertz CT molecular complexity index is 1410. The third-order valence-corrected chi connectivity index (χ3v) is 5.22. The fourth-order valence-electron chi connectivity index (χ4n) is 3.52. The molecular weight excluding hydrogens is 426 g/mol. The van der Waals surface area contributed by atoms with Gasteiger partial charge in [0.1, 0.15) is 12.4 Å². The van der Waals surface area contributed by atoms with Crippen molar-refractivity contribution in [1.82, 2.24) is 14.9 Å². The molecule has 1 unspecified atom stereocenters. The Hall–Kier alpha value is -3.95.